The number of hydrogen-bond donors (Lipinski definition) is 1. The topological polar surface area (TPSA) is 58.5 Å². The lowest BCUT2D eigenvalue weighted by Gasteiger charge is -2.19. The molecule has 1 fully saturated rings. The van der Waals surface area contributed by atoms with Crippen LogP contribution in [0.1, 0.15) is 38.5 Å². The monoisotopic (exact) mass is 278 g/mol. The molecule has 1 N–H and O–H groups in total. The van der Waals surface area contributed by atoms with Crippen LogP contribution in [-0.2, 0) is 10.0 Å². The first-order chi connectivity index (χ1) is 9.15. The summed E-state index contributed by atoms with van der Waals surface area (Å²) in [4.78, 5) is 0.277. The van der Waals surface area contributed by atoms with Gasteiger partial charge in [-0.2, -0.15) is 8.42 Å². The summed E-state index contributed by atoms with van der Waals surface area (Å²) < 4.78 is 28.0. The molecular weight excluding hydrogens is 260 g/mol. The zero-order chi connectivity index (χ0) is 13.3. The molecule has 0 atom stereocenters. The van der Waals surface area contributed by atoms with Crippen LogP contribution in [0, 0.1) is 5.92 Å². The van der Waals surface area contributed by atoms with Crippen LogP contribution in [0.3, 0.4) is 0 Å². The van der Waals surface area contributed by atoms with E-state index in [0.29, 0.717) is 11.5 Å². The van der Waals surface area contributed by atoms with E-state index in [9.17, 15) is 8.42 Å². The third-order valence-corrected chi connectivity index (χ3v) is 5.31. The average Bonchev–Trinajstić information content (AvgIpc) is 2.89. The molecule has 0 saturated heterocycles. The number of anilines is 1. The molecule has 1 aromatic rings. The van der Waals surface area contributed by atoms with Crippen LogP contribution in [0.4, 0.5) is 5.69 Å². The van der Waals surface area contributed by atoms with Crippen LogP contribution in [-0.4, -0.2) is 14.3 Å². The standard InChI is InChI=1S/C14H18N2O2S/c17-19(18)13-8-4-3-7-12(13)15-14(16-19)10-9-11-5-1-2-6-11/h3-4,7-8,11H,1-2,5-6,9-10H2,(H,15,16). The molecule has 1 aliphatic carbocycles. The Morgan fingerprint density at radius 1 is 1.21 bits per heavy atom. The Morgan fingerprint density at radius 3 is 2.74 bits per heavy atom. The molecule has 102 valence electrons. The largest absolute Gasteiger partial charge is 0.342 e. The quantitative estimate of drug-likeness (QED) is 0.924. The van der Waals surface area contributed by atoms with Gasteiger partial charge in [0.1, 0.15) is 10.7 Å². The molecule has 0 spiro atoms. The summed E-state index contributed by atoms with van der Waals surface area (Å²) in [5.74, 6) is 1.33. The number of nitrogens with one attached hydrogen (secondary N) is 1. The zero-order valence-electron chi connectivity index (χ0n) is 10.8. The molecule has 2 aliphatic rings. The molecule has 1 aliphatic heterocycles. The van der Waals surface area contributed by atoms with Gasteiger partial charge in [0.2, 0.25) is 0 Å². The lowest BCUT2D eigenvalue weighted by Crippen LogP contribution is -2.21. The second kappa shape index (κ2) is 4.96. The van der Waals surface area contributed by atoms with E-state index in [1.807, 2.05) is 6.07 Å². The Kier molecular flexibility index (Phi) is 3.31. The molecule has 0 amide bonds. The van der Waals surface area contributed by atoms with Crippen LogP contribution in [0.5, 0.6) is 0 Å². The van der Waals surface area contributed by atoms with Crippen molar-refractivity contribution < 1.29 is 8.42 Å². The van der Waals surface area contributed by atoms with E-state index in [1.54, 1.807) is 18.2 Å². The predicted octanol–water partition coefficient (Wildman–Crippen LogP) is 3.17. The number of amidine groups is 1. The highest BCUT2D eigenvalue weighted by atomic mass is 32.2. The van der Waals surface area contributed by atoms with E-state index in [-0.39, 0.29) is 4.90 Å². The molecule has 1 aromatic carbocycles. The molecule has 0 bridgehead atoms. The Morgan fingerprint density at radius 2 is 1.95 bits per heavy atom. The molecule has 0 unspecified atom stereocenters. The first kappa shape index (κ1) is 12.7. The van der Waals surface area contributed by atoms with Gasteiger partial charge in [-0.05, 0) is 24.5 Å². The fourth-order valence-corrected chi connectivity index (χ4v) is 4.09. The molecule has 1 heterocycles. The first-order valence-electron chi connectivity index (χ1n) is 6.85. The smallest absolute Gasteiger partial charge is 0.286 e. The van der Waals surface area contributed by atoms with E-state index in [4.69, 9.17) is 0 Å². The maximum absolute atomic E-state index is 12.1. The zero-order valence-corrected chi connectivity index (χ0v) is 11.6. The van der Waals surface area contributed by atoms with Gasteiger partial charge < -0.3 is 5.32 Å². The van der Waals surface area contributed by atoms with E-state index < -0.39 is 10.0 Å². The average molecular weight is 278 g/mol. The van der Waals surface area contributed by atoms with Crippen molar-refractivity contribution in [3.05, 3.63) is 24.3 Å². The van der Waals surface area contributed by atoms with Gasteiger partial charge in [-0.1, -0.05) is 37.8 Å². The number of hydrogen-bond acceptors (Lipinski definition) is 3. The number of benzene rings is 1. The van der Waals surface area contributed by atoms with Crippen LogP contribution < -0.4 is 5.32 Å². The third-order valence-electron chi connectivity index (χ3n) is 3.94. The van der Waals surface area contributed by atoms with Gasteiger partial charge in [0.15, 0.2) is 0 Å². The minimum Gasteiger partial charge on any atom is -0.342 e. The van der Waals surface area contributed by atoms with E-state index in [1.165, 1.54) is 25.7 Å². The third kappa shape index (κ3) is 2.66. The van der Waals surface area contributed by atoms with E-state index in [2.05, 4.69) is 9.71 Å². The van der Waals surface area contributed by atoms with Crippen LogP contribution in [0.15, 0.2) is 33.6 Å². The first-order valence-corrected chi connectivity index (χ1v) is 8.29. The van der Waals surface area contributed by atoms with Crippen molar-refractivity contribution in [2.45, 2.75) is 43.4 Å². The fourth-order valence-electron chi connectivity index (χ4n) is 2.92. The number of sulfonamides is 1. The van der Waals surface area contributed by atoms with Crippen molar-refractivity contribution in [2.24, 2.45) is 10.3 Å². The van der Waals surface area contributed by atoms with Crippen molar-refractivity contribution in [1.82, 2.24) is 0 Å². The fraction of sp³-hybridized carbons (Fsp3) is 0.500. The molecule has 5 heteroatoms. The van der Waals surface area contributed by atoms with E-state index in [0.717, 1.165) is 18.8 Å². The summed E-state index contributed by atoms with van der Waals surface area (Å²) in [6.45, 7) is 0. The SMILES string of the molecule is O=S1(=O)N=C(CCC2CCCC2)Nc2ccccc21. The molecule has 0 aromatic heterocycles. The van der Waals surface area contributed by atoms with E-state index >= 15 is 0 Å². The van der Waals surface area contributed by atoms with Crippen LogP contribution in [0.25, 0.3) is 0 Å². The van der Waals surface area contributed by atoms with Gasteiger partial charge in [0, 0.05) is 6.42 Å². The second-order valence-corrected chi connectivity index (χ2v) is 6.90. The Hall–Kier alpha value is -1.36. The molecule has 1 saturated carbocycles. The normalized spacial score (nSPS) is 21.6. The maximum Gasteiger partial charge on any atom is 0.286 e. The molecular formula is C14H18N2O2S. The summed E-state index contributed by atoms with van der Waals surface area (Å²) in [6.07, 6.45) is 6.92. The predicted molar refractivity (Wildman–Crippen MR) is 75.9 cm³/mol. The van der Waals surface area contributed by atoms with Gasteiger partial charge >= 0.3 is 0 Å². The Labute approximate surface area is 114 Å². The van der Waals surface area contributed by atoms with Gasteiger partial charge in [0.25, 0.3) is 10.0 Å². The number of rotatable bonds is 3. The summed E-state index contributed by atoms with van der Waals surface area (Å²) in [6, 6.07) is 6.93. The molecule has 3 rings (SSSR count). The van der Waals surface area contributed by atoms with Crippen molar-refractivity contribution in [2.75, 3.05) is 5.32 Å². The van der Waals surface area contributed by atoms with Crippen molar-refractivity contribution in [1.29, 1.82) is 0 Å². The minimum absolute atomic E-state index is 0.277. The summed E-state index contributed by atoms with van der Waals surface area (Å²) in [5, 5.41) is 3.15. The Bertz CT molecular complexity index is 602. The molecule has 19 heavy (non-hydrogen) atoms. The van der Waals surface area contributed by atoms with Crippen LogP contribution >= 0.6 is 0 Å². The van der Waals surface area contributed by atoms with Crippen molar-refractivity contribution >= 4 is 21.5 Å². The summed E-state index contributed by atoms with van der Waals surface area (Å²) in [7, 11) is -3.51. The van der Waals surface area contributed by atoms with Crippen molar-refractivity contribution in [3.63, 3.8) is 0 Å². The van der Waals surface area contributed by atoms with Crippen molar-refractivity contribution in [3.8, 4) is 0 Å². The highest BCUT2D eigenvalue weighted by Crippen LogP contribution is 2.31. The summed E-state index contributed by atoms with van der Waals surface area (Å²) >= 11 is 0. The second-order valence-electron chi connectivity index (χ2n) is 5.32. The highest BCUT2D eigenvalue weighted by molar-refractivity contribution is 7.90. The van der Waals surface area contributed by atoms with Gasteiger partial charge in [-0.15, -0.1) is 4.40 Å². The lowest BCUT2D eigenvalue weighted by molar-refractivity contribution is 0.515. The number of nitrogens with zero attached hydrogens (tertiary/aromatic N) is 1. The molecule has 0 radical (unpaired) electrons. The van der Waals surface area contributed by atoms with Gasteiger partial charge in [-0.3, -0.25) is 0 Å². The maximum atomic E-state index is 12.1. The Balaban J connectivity index is 1.76. The van der Waals surface area contributed by atoms with Crippen LogP contribution in [0.2, 0.25) is 0 Å². The number of para-hydroxylation sites is 1. The molecule has 4 nitrogen and oxygen atoms in total. The number of fused-ring (bicyclic) bond motifs is 1. The van der Waals surface area contributed by atoms with Gasteiger partial charge in [0.05, 0.1) is 5.69 Å². The minimum atomic E-state index is -3.51. The lowest BCUT2D eigenvalue weighted by atomic mass is 10.0. The summed E-state index contributed by atoms with van der Waals surface area (Å²) in [5.41, 5.74) is 0.652. The van der Waals surface area contributed by atoms with Gasteiger partial charge in [-0.25, -0.2) is 0 Å². The highest BCUT2D eigenvalue weighted by Gasteiger charge is 2.24.